The Bertz CT molecular complexity index is 1120. The fourth-order valence-electron chi connectivity index (χ4n) is 3.73. The number of rotatable bonds is 9. The van der Waals surface area contributed by atoms with Gasteiger partial charge in [-0.25, -0.2) is 14.7 Å². The summed E-state index contributed by atoms with van der Waals surface area (Å²) in [6.45, 7) is 2.84. The first-order chi connectivity index (χ1) is 15.6. The number of aromatic nitrogens is 1. The summed E-state index contributed by atoms with van der Waals surface area (Å²) in [6.07, 6.45) is 7.03. The highest BCUT2D eigenvalue weighted by Crippen LogP contribution is 2.35. The summed E-state index contributed by atoms with van der Waals surface area (Å²) < 4.78 is 0.783. The molecule has 8 heteroatoms. The van der Waals surface area contributed by atoms with Crippen LogP contribution in [-0.2, 0) is 0 Å². The number of imide groups is 1. The molecule has 1 aliphatic rings. The van der Waals surface area contributed by atoms with E-state index in [0.29, 0.717) is 34.0 Å². The molecular formula is C24H26N4O3S. The van der Waals surface area contributed by atoms with Crippen molar-refractivity contribution in [1.29, 1.82) is 0 Å². The van der Waals surface area contributed by atoms with Crippen molar-refractivity contribution in [2.75, 3.05) is 16.8 Å². The lowest BCUT2D eigenvalue weighted by molar-refractivity contribution is 0.0926. The zero-order valence-electron chi connectivity index (χ0n) is 18.0. The van der Waals surface area contributed by atoms with Crippen LogP contribution in [0.15, 0.2) is 42.5 Å². The molecule has 3 aromatic rings. The van der Waals surface area contributed by atoms with Crippen LogP contribution in [0, 0.1) is 0 Å². The maximum atomic E-state index is 12.7. The summed E-state index contributed by atoms with van der Waals surface area (Å²) in [7, 11) is 0. The van der Waals surface area contributed by atoms with Crippen molar-refractivity contribution in [3.8, 4) is 0 Å². The molecule has 1 aromatic heterocycles. The van der Waals surface area contributed by atoms with Crippen molar-refractivity contribution in [1.82, 2.24) is 10.3 Å². The molecule has 0 spiro atoms. The van der Waals surface area contributed by atoms with Crippen molar-refractivity contribution in [3.05, 3.63) is 53.6 Å². The van der Waals surface area contributed by atoms with Gasteiger partial charge in [-0.1, -0.05) is 62.5 Å². The summed E-state index contributed by atoms with van der Waals surface area (Å²) in [5, 5.41) is 6.05. The second-order valence-corrected chi connectivity index (χ2v) is 8.83. The molecule has 0 radical (unpaired) electrons. The van der Waals surface area contributed by atoms with Crippen LogP contribution in [-0.4, -0.2) is 29.4 Å². The number of nitrogens with zero attached hydrogens (tertiary/aromatic N) is 2. The minimum absolute atomic E-state index is 0.247. The fraction of sp³-hybridized carbons (Fsp3) is 0.333. The van der Waals surface area contributed by atoms with E-state index < -0.39 is 0 Å². The van der Waals surface area contributed by atoms with Crippen molar-refractivity contribution in [2.24, 2.45) is 0 Å². The molecule has 0 unspecified atom stereocenters. The zero-order chi connectivity index (χ0) is 22.5. The van der Waals surface area contributed by atoms with Crippen LogP contribution in [0.25, 0.3) is 10.2 Å². The number of amides is 4. The van der Waals surface area contributed by atoms with E-state index in [1.165, 1.54) is 37.0 Å². The largest absolute Gasteiger partial charge is 0.338 e. The van der Waals surface area contributed by atoms with Crippen LogP contribution in [0.5, 0.6) is 0 Å². The highest BCUT2D eigenvalue weighted by atomic mass is 32.1. The molecule has 4 rings (SSSR count). The van der Waals surface area contributed by atoms with Crippen LogP contribution < -0.4 is 15.5 Å². The molecule has 32 heavy (non-hydrogen) atoms. The second kappa shape index (κ2) is 9.91. The fourth-order valence-corrected chi connectivity index (χ4v) is 4.73. The van der Waals surface area contributed by atoms with Gasteiger partial charge in [0.1, 0.15) is 0 Å². The number of urea groups is 1. The molecule has 0 bridgehead atoms. The highest BCUT2D eigenvalue weighted by molar-refractivity contribution is 7.22. The normalized spacial score (nSPS) is 13.0. The van der Waals surface area contributed by atoms with E-state index in [4.69, 9.17) is 0 Å². The molecule has 0 saturated heterocycles. The molecule has 0 aliphatic carbocycles. The maximum absolute atomic E-state index is 12.7. The molecule has 4 amide bonds. The van der Waals surface area contributed by atoms with Gasteiger partial charge in [-0.15, -0.1) is 0 Å². The Morgan fingerprint density at radius 3 is 2.38 bits per heavy atom. The van der Waals surface area contributed by atoms with E-state index in [1.807, 2.05) is 0 Å². The predicted molar refractivity (Wildman–Crippen MR) is 128 cm³/mol. The third-order valence-electron chi connectivity index (χ3n) is 5.44. The van der Waals surface area contributed by atoms with Gasteiger partial charge in [0.05, 0.1) is 21.3 Å². The molecular weight excluding hydrogens is 424 g/mol. The number of nitrogens with one attached hydrogen (secondary N) is 2. The van der Waals surface area contributed by atoms with Crippen LogP contribution in [0.1, 0.15) is 66.2 Å². The quantitative estimate of drug-likeness (QED) is 0.329. The van der Waals surface area contributed by atoms with Crippen molar-refractivity contribution < 1.29 is 14.4 Å². The highest BCUT2D eigenvalue weighted by Gasteiger charge is 2.38. The first kappa shape index (κ1) is 22.0. The summed E-state index contributed by atoms with van der Waals surface area (Å²) in [6, 6.07) is 11.9. The van der Waals surface area contributed by atoms with E-state index in [0.717, 1.165) is 22.4 Å². The molecule has 0 fully saturated rings. The Balaban J connectivity index is 1.37. The van der Waals surface area contributed by atoms with E-state index in [-0.39, 0.29) is 17.8 Å². The van der Waals surface area contributed by atoms with Gasteiger partial charge in [-0.3, -0.25) is 9.59 Å². The Hall–Kier alpha value is -3.26. The van der Waals surface area contributed by atoms with Gasteiger partial charge in [-0.05, 0) is 36.8 Å². The minimum Gasteiger partial charge on any atom is -0.338 e. The van der Waals surface area contributed by atoms with E-state index in [2.05, 4.69) is 22.5 Å². The number of anilines is 2. The first-order valence-corrected chi connectivity index (χ1v) is 11.8. The van der Waals surface area contributed by atoms with Crippen molar-refractivity contribution in [2.45, 2.75) is 45.4 Å². The average molecular weight is 451 g/mol. The van der Waals surface area contributed by atoms with Gasteiger partial charge in [-0.2, -0.15) is 0 Å². The average Bonchev–Trinajstić information content (AvgIpc) is 3.31. The summed E-state index contributed by atoms with van der Waals surface area (Å²) >= 11 is 1.25. The number of fused-ring (bicyclic) bond motifs is 2. The number of carbonyl (C=O) groups excluding carboxylic acids is 3. The smallest absolute Gasteiger partial charge is 0.319 e. The molecule has 0 atom stereocenters. The van der Waals surface area contributed by atoms with Gasteiger partial charge in [0.15, 0.2) is 0 Å². The molecule has 2 heterocycles. The number of thiazole rings is 1. The van der Waals surface area contributed by atoms with Crippen molar-refractivity contribution in [3.63, 3.8) is 0 Å². The SMILES string of the molecule is CCCCCCCCNC(=O)Nc1ccc2nc(N3C(=O)c4ccccc4C3=O)sc2c1. The standard InChI is InChI=1S/C24H26N4O3S/c1-2-3-4-5-6-9-14-25-23(31)26-16-12-13-19-20(15-16)32-24(27-19)28-21(29)17-10-7-8-11-18(17)22(28)30/h7-8,10-13,15H,2-6,9,14H2,1H3,(H2,25,26,31). The number of unbranched alkanes of at least 4 members (excludes halogenated alkanes) is 5. The Morgan fingerprint density at radius 1 is 0.969 bits per heavy atom. The molecule has 1 aliphatic heterocycles. The summed E-state index contributed by atoms with van der Waals surface area (Å²) in [5.74, 6) is -0.728. The number of hydrogen-bond donors (Lipinski definition) is 2. The lowest BCUT2D eigenvalue weighted by atomic mass is 10.1. The van der Waals surface area contributed by atoms with Crippen LogP contribution >= 0.6 is 11.3 Å². The van der Waals surface area contributed by atoms with Gasteiger partial charge in [0.2, 0.25) is 5.13 Å². The first-order valence-electron chi connectivity index (χ1n) is 11.0. The number of hydrogen-bond acceptors (Lipinski definition) is 5. The zero-order valence-corrected chi connectivity index (χ0v) is 18.8. The Kier molecular flexibility index (Phi) is 6.80. The van der Waals surface area contributed by atoms with Gasteiger partial charge < -0.3 is 10.6 Å². The lowest BCUT2D eigenvalue weighted by Gasteiger charge is -2.08. The Labute approximate surface area is 190 Å². The Morgan fingerprint density at radius 2 is 1.66 bits per heavy atom. The number of benzene rings is 2. The van der Waals surface area contributed by atoms with E-state index in [1.54, 1.807) is 42.5 Å². The second-order valence-electron chi connectivity index (χ2n) is 7.82. The number of carbonyl (C=O) groups is 3. The topological polar surface area (TPSA) is 91.4 Å². The van der Waals surface area contributed by atoms with Gasteiger partial charge in [0.25, 0.3) is 11.8 Å². The third-order valence-corrected chi connectivity index (χ3v) is 6.44. The monoisotopic (exact) mass is 450 g/mol. The van der Waals surface area contributed by atoms with Crippen LogP contribution in [0.2, 0.25) is 0 Å². The lowest BCUT2D eigenvalue weighted by Crippen LogP contribution is -2.29. The van der Waals surface area contributed by atoms with Crippen LogP contribution in [0.4, 0.5) is 15.6 Å². The molecule has 2 N–H and O–H groups in total. The van der Waals surface area contributed by atoms with Gasteiger partial charge in [0, 0.05) is 12.2 Å². The molecule has 2 aromatic carbocycles. The van der Waals surface area contributed by atoms with Gasteiger partial charge >= 0.3 is 6.03 Å². The molecule has 7 nitrogen and oxygen atoms in total. The summed E-state index contributed by atoms with van der Waals surface area (Å²) in [4.78, 5) is 43.2. The predicted octanol–water partition coefficient (Wildman–Crippen LogP) is 5.58. The minimum atomic E-state index is -0.364. The van der Waals surface area contributed by atoms with Crippen LogP contribution in [0.3, 0.4) is 0 Å². The maximum Gasteiger partial charge on any atom is 0.319 e. The van der Waals surface area contributed by atoms with E-state index >= 15 is 0 Å². The summed E-state index contributed by atoms with van der Waals surface area (Å²) in [5.41, 5.74) is 2.08. The third kappa shape index (κ3) is 4.65. The molecule has 166 valence electrons. The van der Waals surface area contributed by atoms with E-state index in [9.17, 15) is 14.4 Å². The van der Waals surface area contributed by atoms with Crippen molar-refractivity contribution >= 4 is 50.2 Å². The molecule has 0 saturated carbocycles.